The Morgan fingerprint density at radius 1 is 1.33 bits per heavy atom. The number of hydrogen-bond acceptors (Lipinski definition) is 6. The van der Waals surface area contributed by atoms with Crippen molar-refractivity contribution in [2.24, 2.45) is 11.7 Å². The van der Waals surface area contributed by atoms with E-state index in [1.165, 1.54) is 12.1 Å². The summed E-state index contributed by atoms with van der Waals surface area (Å²) in [5.74, 6) is -0.00873. The molecule has 7 nitrogen and oxygen atoms in total. The largest absolute Gasteiger partial charge is 0.423 e. The van der Waals surface area contributed by atoms with Crippen molar-refractivity contribution in [2.45, 2.75) is 32.5 Å². The van der Waals surface area contributed by atoms with Crippen molar-refractivity contribution in [3.8, 4) is 0 Å². The van der Waals surface area contributed by atoms with E-state index in [1.54, 1.807) is 12.1 Å². The fourth-order valence-corrected chi connectivity index (χ4v) is 3.01. The number of amides is 1. The van der Waals surface area contributed by atoms with Crippen LogP contribution in [0.1, 0.15) is 25.8 Å². The molecule has 2 rings (SSSR count). The van der Waals surface area contributed by atoms with Gasteiger partial charge in [-0.05, 0) is 30.0 Å². The SMILES string of the molecule is CC(C)CC(N)C(=O)Nc1ccc2c(CP(O)O)cc(=O)oc2c1. The van der Waals surface area contributed by atoms with Crippen LogP contribution in [0.15, 0.2) is 33.5 Å². The van der Waals surface area contributed by atoms with Gasteiger partial charge in [-0.1, -0.05) is 13.8 Å². The highest BCUT2D eigenvalue weighted by atomic mass is 31.2. The van der Waals surface area contributed by atoms with Gasteiger partial charge in [0.25, 0.3) is 0 Å². The van der Waals surface area contributed by atoms with Crippen LogP contribution in [-0.2, 0) is 11.0 Å². The fourth-order valence-electron chi connectivity index (χ4n) is 2.44. The van der Waals surface area contributed by atoms with Crippen molar-refractivity contribution in [2.75, 3.05) is 5.32 Å². The molecule has 1 atom stereocenters. The Hall–Kier alpha value is -1.79. The van der Waals surface area contributed by atoms with E-state index < -0.39 is 20.0 Å². The van der Waals surface area contributed by atoms with Gasteiger partial charge in [-0.25, -0.2) is 4.79 Å². The predicted octanol–water partition coefficient (Wildman–Crippen LogP) is 1.90. The molecule has 0 aliphatic rings. The van der Waals surface area contributed by atoms with E-state index in [-0.39, 0.29) is 17.7 Å². The molecule has 0 aliphatic carbocycles. The van der Waals surface area contributed by atoms with Crippen LogP contribution in [0.3, 0.4) is 0 Å². The third kappa shape index (κ3) is 4.85. The number of rotatable bonds is 6. The first-order chi connectivity index (χ1) is 11.3. The van der Waals surface area contributed by atoms with Gasteiger partial charge in [0.15, 0.2) is 8.38 Å². The van der Waals surface area contributed by atoms with Crippen LogP contribution in [0.25, 0.3) is 11.0 Å². The molecule has 1 heterocycles. The topological polar surface area (TPSA) is 126 Å². The first-order valence-electron chi connectivity index (χ1n) is 7.54. The van der Waals surface area contributed by atoms with Gasteiger partial charge in [-0.3, -0.25) is 4.79 Å². The van der Waals surface area contributed by atoms with Crippen molar-refractivity contribution in [3.63, 3.8) is 0 Å². The summed E-state index contributed by atoms with van der Waals surface area (Å²) >= 11 is 0. The van der Waals surface area contributed by atoms with E-state index in [4.69, 9.17) is 10.2 Å². The van der Waals surface area contributed by atoms with Crippen molar-refractivity contribution < 1.29 is 19.0 Å². The Morgan fingerprint density at radius 3 is 2.67 bits per heavy atom. The quantitative estimate of drug-likeness (QED) is 0.465. The maximum Gasteiger partial charge on any atom is 0.336 e. The summed E-state index contributed by atoms with van der Waals surface area (Å²) in [6.45, 7) is 3.97. The Kier molecular flexibility index (Phi) is 6.07. The zero-order valence-electron chi connectivity index (χ0n) is 13.5. The average molecular weight is 352 g/mol. The molecule has 0 aliphatic heterocycles. The van der Waals surface area contributed by atoms with Crippen LogP contribution in [-0.4, -0.2) is 21.7 Å². The second kappa shape index (κ2) is 7.85. The van der Waals surface area contributed by atoms with Crippen LogP contribution in [0.4, 0.5) is 5.69 Å². The normalized spacial score (nSPS) is 12.8. The number of carbonyl (C=O) groups is 1. The minimum atomic E-state index is -2.17. The summed E-state index contributed by atoms with van der Waals surface area (Å²) in [7, 11) is -2.17. The van der Waals surface area contributed by atoms with Gasteiger partial charge >= 0.3 is 5.63 Å². The summed E-state index contributed by atoms with van der Waals surface area (Å²) in [4.78, 5) is 42.0. The molecule has 24 heavy (non-hydrogen) atoms. The Labute approximate surface area is 140 Å². The van der Waals surface area contributed by atoms with Crippen LogP contribution in [0.2, 0.25) is 0 Å². The molecule has 0 spiro atoms. The fraction of sp³-hybridized carbons (Fsp3) is 0.375. The number of anilines is 1. The molecule has 130 valence electrons. The number of carbonyl (C=O) groups excluding carboxylic acids is 1. The summed E-state index contributed by atoms with van der Waals surface area (Å²) < 4.78 is 5.14. The number of hydrogen-bond donors (Lipinski definition) is 4. The minimum Gasteiger partial charge on any atom is -0.423 e. The van der Waals surface area contributed by atoms with Crippen molar-refractivity contribution >= 4 is 30.9 Å². The molecule has 1 aromatic heterocycles. The summed E-state index contributed by atoms with van der Waals surface area (Å²) in [6.07, 6.45) is 0.539. The third-order valence-electron chi connectivity index (χ3n) is 3.47. The molecular formula is C16H21N2O5P. The molecule has 1 unspecified atom stereocenters. The van der Waals surface area contributed by atoms with Gasteiger partial charge in [0.1, 0.15) is 5.58 Å². The highest BCUT2D eigenvalue weighted by Gasteiger charge is 2.16. The standard InChI is InChI=1S/C16H21N2O5P/c1-9(2)5-13(17)16(20)18-11-3-4-12-10(8-24(21)22)6-15(19)23-14(12)7-11/h3-4,6-7,9,13,21-22H,5,8,17H2,1-2H3,(H,18,20). The van der Waals surface area contributed by atoms with Gasteiger partial charge in [-0.15, -0.1) is 0 Å². The molecule has 1 aromatic carbocycles. The minimum absolute atomic E-state index is 0.0254. The van der Waals surface area contributed by atoms with E-state index in [2.05, 4.69) is 5.32 Å². The second-order valence-corrected chi connectivity index (χ2v) is 7.12. The van der Waals surface area contributed by atoms with E-state index in [9.17, 15) is 19.4 Å². The number of fused-ring (bicyclic) bond motifs is 1. The van der Waals surface area contributed by atoms with Crippen LogP contribution in [0.5, 0.6) is 0 Å². The van der Waals surface area contributed by atoms with E-state index in [0.29, 0.717) is 29.0 Å². The average Bonchev–Trinajstić information content (AvgIpc) is 2.45. The molecule has 0 saturated heterocycles. The van der Waals surface area contributed by atoms with Gasteiger partial charge in [-0.2, -0.15) is 0 Å². The lowest BCUT2D eigenvalue weighted by Crippen LogP contribution is -2.36. The molecule has 1 amide bonds. The van der Waals surface area contributed by atoms with Gasteiger partial charge in [0.05, 0.1) is 6.04 Å². The molecule has 5 N–H and O–H groups in total. The van der Waals surface area contributed by atoms with Crippen molar-refractivity contribution in [1.82, 2.24) is 0 Å². The highest BCUT2D eigenvalue weighted by Crippen LogP contribution is 2.32. The monoisotopic (exact) mass is 352 g/mol. The number of benzene rings is 1. The summed E-state index contributed by atoms with van der Waals surface area (Å²) in [5, 5.41) is 3.29. The molecule has 0 fully saturated rings. The zero-order valence-corrected chi connectivity index (χ0v) is 14.4. The number of nitrogens with one attached hydrogen (secondary N) is 1. The Balaban J connectivity index is 2.28. The lowest BCUT2D eigenvalue weighted by molar-refractivity contribution is -0.117. The highest BCUT2D eigenvalue weighted by molar-refractivity contribution is 7.44. The summed E-state index contributed by atoms with van der Waals surface area (Å²) in [5.41, 5.74) is 6.48. The maximum atomic E-state index is 12.1. The molecule has 0 saturated carbocycles. The van der Waals surface area contributed by atoms with Crippen LogP contribution < -0.4 is 16.7 Å². The van der Waals surface area contributed by atoms with Crippen LogP contribution in [0, 0.1) is 5.92 Å². The van der Waals surface area contributed by atoms with E-state index in [0.717, 1.165) is 0 Å². The first kappa shape index (κ1) is 18.5. The van der Waals surface area contributed by atoms with Gasteiger partial charge in [0, 0.05) is 29.4 Å². The predicted molar refractivity (Wildman–Crippen MR) is 93.6 cm³/mol. The van der Waals surface area contributed by atoms with Gasteiger partial charge < -0.3 is 25.3 Å². The Bertz CT molecular complexity index is 788. The Morgan fingerprint density at radius 2 is 2.04 bits per heavy atom. The van der Waals surface area contributed by atoms with Crippen molar-refractivity contribution in [3.05, 3.63) is 40.2 Å². The van der Waals surface area contributed by atoms with Gasteiger partial charge in [0.2, 0.25) is 5.91 Å². The lowest BCUT2D eigenvalue weighted by Gasteiger charge is -2.14. The molecule has 8 heteroatoms. The second-order valence-electron chi connectivity index (χ2n) is 6.06. The first-order valence-corrected chi connectivity index (χ1v) is 8.98. The molecular weight excluding hydrogens is 331 g/mol. The zero-order chi connectivity index (χ0) is 17.9. The molecule has 2 aromatic rings. The smallest absolute Gasteiger partial charge is 0.336 e. The third-order valence-corrected chi connectivity index (χ3v) is 4.10. The molecule has 0 bridgehead atoms. The van der Waals surface area contributed by atoms with Crippen LogP contribution >= 0.6 is 8.38 Å². The lowest BCUT2D eigenvalue weighted by atomic mass is 10.0. The van der Waals surface area contributed by atoms with E-state index in [1.807, 2.05) is 13.8 Å². The summed E-state index contributed by atoms with van der Waals surface area (Å²) in [6, 6.07) is 5.46. The van der Waals surface area contributed by atoms with Crippen molar-refractivity contribution in [1.29, 1.82) is 0 Å². The van der Waals surface area contributed by atoms with E-state index >= 15 is 0 Å². The number of nitrogens with two attached hydrogens (primary N) is 1. The molecule has 0 radical (unpaired) electrons. The maximum absolute atomic E-state index is 12.1.